The maximum absolute atomic E-state index is 14.4. The summed E-state index contributed by atoms with van der Waals surface area (Å²) >= 11 is -0.0473. The topological polar surface area (TPSA) is 6.48 Å². The molecule has 9 rings (SSSR count). The molecule has 0 N–H and O–H groups in total. The molecule has 7 aromatic rings. The molecule has 0 atom stereocenters. The number of halogens is 3. The number of benzene rings is 7. The van der Waals surface area contributed by atoms with Gasteiger partial charge in [-0.05, 0) is 113 Å². The Morgan fingerprint density at radius 2 is 0.880 bits per heavy atom. The Hall–Kier alpha value is -5.14. The highest BCUT2D eigenvalue weighted by molar-refractivity contribution is 8.00. The largest absolute Gasteiger partial charge is 0.446 e. The van der Waals surface area contributed by atoms with Gasteiger partial charge in [-0.3, -0.25) is 0 Å². The van der Waals surface area contributed by atoms with Crippen molar-refractivity contribution in [2.45, 2.75) is 38.1 Å². The summed E-state index contributed by atoms with van der Waals surface area (Å²) in [6.07, 6.45) is 0. The molecule has 2 aliphatic rings. The zero-order valence-electron chi connectivity index (χ0n) is 28.1. The van der Waals surface area contributed by atoms with E-state index >= 15 is 0 Å². The van der Waals surface area contributed by atoms with Crippen LogP contribution in [-0.4, -0.2) is 12.2 Å². The van der Waals surface area contributed by atoms with Crippen LogP contribution in [-0.2, 0) is 0 Å². The first-order chi connectivity index (χ1) is 24.1. The van der Waals surface area contributed by atoms with E-state index in [1.54, 1.807) is 12.1 Å². The Balaban J connectivity index is 1.51. The first kappa shape index (κ1) is 30.9. The standard InChI is InChI=1S/C43H32BF3N2S/c1-25-13-5-11-19-36(25)48-38-23-29(50-43(45,46)47)24-39-40(38)44(34-21-27(3)30-15-7-9-17-32(30)41(34)48)35-22-28(4)31-16-8-10-18-33(31)42(35)49(39)37-20-12-6-14-26(37)2/h5-24H,1-4H3. The van der Waals surface area contributed by atoms with E-state index in [-0.39, 0.29) is 23.4 Å². The highest BCUT2D eigenvalue weighted by atomic mass is 32.2. The quantitative estimate of drug-likeness (QED) is 0.136. The third kappa shape index (κ3) is 4.60. The van der Waals surface area contributed by atoms with E-state index < -0.39 is 5.51 Å². The van der Waals surface area contributed by atoms with Gasteiger partial charge in [0.15, 0.2) is 0 Å². The molecule has 0 amide bonds. The number of anilines is 6. The molecule has 0 spiro atoms. The Labute approximate surface area is 294 Å². The molecule has 7 aromatic carbocycles. The van der Waals surface area contributed by atoms with Crippen LogP contribution in [0.15, 0.2) is 126 Å². The maximum atomic E-state index is 14.4. The van der Waals surface area contributed by atoms with E-state index in [1.807, 2.05) is 24.3 Å². The summed E-state index contributed by atoms with van der Waals surface area (Å²) in [7, 11) is 0. The van der Waals surface area contributed by atoms with Gasteiger partial charge in [-0.15, -0.1) is 0 Å². The maximum Gasteiger partial charge on any atom is 0.446 e. The Morgan fingerprint density at radius 3 is 1.30 bits per heavy atom. The number of para-hydroxylation sites is 2. The van der Waals surface area contributed by atoms with E-state index in [2.05, 4.69) is 122 Å². The minimum Gasteiger partial charge on any atom is -0.311 e. The lowest BCUT2D eigenvalue weighted by atomic mass is 9.33. The summed E-state index contributed by atoms with van der Waals surface area (Å²) in [4.78, 5) is 4.62. The number of aryl methyl sites for hydroxylation is 4. The highest BCUT2D eigenvalue weighted by Crippen LogP contribution is 2.51. The summed E-state index contributed by atoms with van der Waals surface area (Å²) < 4.78 is 43.2. The van der Waals surface area contributed by atoms with E-state index in [1.165, 1.54) is 11.1 Å². The second-order valence-electron chi connectivity index (χ2n) is 13.5. The van der Waals surface area contributed by atoms with Gasteiger partial charge in [-0.2, -0.15) is 13.2 Å². The average molecular weight is 677 g/mol. The number of fused-ring (bicyclic) bond motifs is 8. The summed E-state index contributed by atoms with van der Waals surface area (Å²) in [5, 5.41) is 4.41. The fourth-order valence-electron chi connectivity index (χ4n) is 8.38. The Bertz CT molecular complexity index is 2380. The molecule has 2 nitrogen and oxygen atoms in total. The molecular weight excluding hydrogens is 644 g/mol. The van der Waals surface area contributed by atoms with Crippen molar-refractivity contribution < 1.29 is 13.2 Å². The SMILES string of the molecule is Cc1ccccc1N1c2cc(SC(F)(F)F)cc3c2B(c2cc(C)c4ccccc4c21)c1cc(C)c2ccccc2c1N3c1ccccc1C. The van der Waals surface area contributed by atoms with Gasteiger partial charge in [-0.1, -0.05) is 97.1 Å². The molecule has 0 fully saturated rings. The molecule has 0 bridgehead atoms. The molecule has 0 unspecified atom stereocenters. The smallest absolute Gasteiger partial charge is 0.311 e. The normalized spacial score (nSPS) is 13.5. The first-order valence-electron chi connectivity index (χ1n) is 16.8. The van der Waals surface area contributed by atoms with Gasteiger partial charge in [0, 0.05) is 49.8 Å². The van der Waals surface area contributed by atoms with Crippen LogP contribution in [0.2, 0.25) is 0 Å². The fraction of sp³-hybridized carbons (Fsp3) is 0.116. The van der Waals surface area contributed by atoms with Crippen LogP contribution in [0.4, 0.5) is 47.3 Å². The molecule has 0 aromatic heterocycles. The molecule has 2 aliphatic heterocycles. The fourth-order valence-corrected chi connectivity index (χ4v) is 8.99. The molecule has 7 heteroatoms. The number of hydrogen-bond donors (Lipinski definition) is 0. The van der Waals surface area contributed by atoms with Crippen LogP contribution in [0, 0.1) is 27.7 Å². The molecule has 2 heterocycles. The Kier molecular flexibility index (Phi) is 6.91. The Morgan fingerprint density at radius 1 is 0.480 bits per heavy atom. The molecule has 50 heavy (non-hydrogen) atoms. The zero-order valence-corrected chi connectivity index (χ0v) is 28.9. The third-order valence-electron chi connectivity index (χ3n) is 10.4. The molecule has 0 saturated heterocycles. The van der Waals surface area contributed by atoms with Gasteiger partial charge in [0.25, 0.3) is 6.71 Å². The number of hydrogen-bond acceptors (Lipinski definition) is 3. The molecule has 0 aliphatic carbocycles. The minimum atomic E-state index is -4.46. The van der Waals surface area contributed by atoms with Crippen LogP contribution < -0.4 is 26.2 Å². The van der Waals surface area contributed by atoms with Crippen molar-refractivity contribution in [1.29, 1.82) is 0 Å². The first-order valence-corrected chi connectivity index (χ1v) is 17.6. The number of rotatable bonds is 3. The lowest BCUT2D eigenvalue weighted by molar-refractivity contribution is -0.0328. The number of thioether (sulfide) groups is 1. The van der Waals surface area contributed by atoms with Crippen molar-refractivity contribution in [2.75, 3.05) is 9.80 Å². The number of nitrogens with zero attached hydrogens (tertiary/aromatic N) is 2. The van der Waals surface area contributed by atoms with Crippen molar-refractivity contribution in [3.05, 3.63) is 144 Å². The van der Waals surface area contributed by atoms with E-state index in [9.17, 15) is 13.2 Å². The van der Waals surface area contributed by atoms with Crippen LogP contribution in [0.5, 0.6) is 0 Å². The van der Waals surface area contributed by atoms with Gasteiger partial charge in [0.1, 0.15) is 0 Å². The van der Waals surface area contributed by atoms with Gasteiger partial charge in [-0.25, -0.2) is 0 Å². The van der Waals surface area contributed by atoms with Crippen molar-refractivity contribution in [3.63, 3.8) is 0 Å². The molecule has 0 saturated carbocycles. The average Bonchev–Trinajstić information content (AvgIpc) is 3.09. The summed E-state index contributed by atoms with van der Waals surface area (Å²) in [5.41, 5.74) is 8.70. The van der Waals surface area contributed by atoms with E-state index in [0.717, 1.165) is 83.2 Å². The molecule has 244 valence electrons. The van der Waals surface area contributed by atoms with Crippen LogP contribution in [0.3, 0.4) is 0 Å². The van der Waals surface area contributed by atoms with Crippen LogP contribution >= 0.6 is 11.8 Å². The summed E-state index contributed by atoms with van der Waals surface area (Å²) in [5.74, 6) is 0. The van der Waals surface area contributed by atoms with Crippen molar-refractivity contribution >= 4 is 90.5 Å². The highest BCUT2D eigenvalue weighted by Gasteiger charge is 2.46. The van der Waals surface area contributed by atoms with Crippen molar-refractivity contribution in [3.8, 4) is 0 Å². The predicted molar refractivity (Wildman–Crippen MR) is 206 cm³/mol. The predicted octanol–water partition coefficient (Wildman–Crippen LogP) is 10.9. The number of alkyl halides is 3. The summed E-state index contributed by atoms with van der Waals surface area (Å²) in [6, 6.07) is 41.3. The minimum absolute atomic E-state index is 0.0473. The van der Waals surface area contributed by atoms with Crippen molar-refractivity contribution in [2.24, 2.45) is 0 Å². The van der Waals surface area contributed by atoms with Gasteiger partial charge < -0.3 is 9.80 Å². The second kappa shape index (κ2) is 11.2. The third-order valence-corrected chi connectivity index (χ3v) is 11.1. The van der Waals surface area contributed by atoms with Gasteiger partial charge >= 0.3 is 5.51 Å². The lowest BCUT2D eigenvalue weighted by Crippen LogP contribution is -2.61. The molecular formula is C43H32BF3N2S. The van der Waals surface area contributed by atoms with Crippen LogP contribution in [0.1, 0.15) is 22.3 Å². The van der Waals surface area contributed by atoms with E-state index in [4.69, 9.17) is 0 Å². The van der Waals surface area contributed by atoms with Gasteiger partial charge in [0.2, 0.25) is 0 Å². The van der Waals surface area contributed by atoms with Crippen LogP contribution in [0.25, 0.3) is 21.5 Å². The van der Waals surface area contributed by atoms with Crippen molar-refractivity contribution in [1.82, 2.24) is 0 Å². The molecule has 0 radical (unpaired) electrons. The lowest BCUT2D eigenvalue weighted by Gasteiger charge is -2.46. The monoisotopic (exact) mass is 676 g/mol. The van der Waals surface area contributed by atoms with Gasteiger partial charge in [0.05, 0.1) is 0 Å². The van der Waals surface area contributed by atoms with E-state index in [0.29, 0.717) is 0 Å². The second-order valence-corrected chi connectivity index (χ2v) is 14.6. The zero-order chi connectivity index (χ0) is 34.5. The summed E-state index contributed by atoms with van der Waals surface area (Å²) in [6.45, 7) is 8.25.